The van der Waals surface area contributed by atoms with Gasteiger partial charge in [0.1, 0.15) is 0 Å². The van der Waals surface area contributed by atoms with Crippen molar-refractivity contribution in [2.45, 2.75) is 65.5 Å². The zero-order valence-corrected chi connectivity index (χ0v) is 12.5. The molecule has 0 spiro atoms. The largest absolute Gasteiger partial charge is 0.396 e. The van der Waals surface area contributed by atoms with E-state index >= 15 is 0 Å². The minimum atomic E-state index is -0.193. The lowest BCUT2D eigenvalue weighted by molar-refractivity contribution is -0.0460. The molecular formula is C15H31NO2. The third-order valence-corrected chi connectivity index (χ3v) is 4.45. The summed E-state index contributed by atoms with van der Waals surface area (Å²) in [4.78, 5) is 2.39. The minimum Gasteiger partial charge on any atom is -0.396 e. The highest BCUT2D eigenvalue weighted by Crippen LogP contribution is 2.39. The van der Waals surface area contributed by atoms with Crippen LogP contribution in [0.1, 0.15) is 53.4 Å². The van der Waals surface area contributed by atoms with Crippen molar-refractivity contribution in [3.63, 3.8) is 0 Å². The molecule has 0 radical (unpaired) electrons. The molecule has 2 N–H and O–H groups in total. The SMILES string of the molecule is CC(C)N(CCCO)CC1CCCC(C)(C)C1O. The van der Waals surface area contributed by atoms with Crippen molar-refractivity contribution in [3.05, 3.63) is 0 Å². The molecule has 1 saturated carbocycles. The van der Waals surface area contributed by atoms with E-state index in [2.05, 4.69) is 32.6 Å². The van der Waals surface area contributed by atoms with Crippen LogP contribution in [0, 0.1) is 11.3 Å². The Kier molecular flexibility index (Phi) is 6.09. The summed E-state index contributed by atoms with van der Waals surface area (Å²) in [6.07, 6.45) is 4.11. The molecule has 108 valence electrons. The Morgan fingerprint density at radius 2 is 2.00 bits per heavy atom. The highest BCUT2D eigenvalue weighted by Gasteiger charge is 2.38. The summed E-state index contributed by atoms with van der Waals surface area (Å²) >= 11 is 0. The highest BCUT2D eigenvalue weighted by atomic mass is 16.3. The number of rotatable bonds is 6. The summed E-state index contributed by atoms with van der Waals surface area (Å²) in [7, 11) is 0. The fourth-order valence-corrected chi connectivity index (χ4v) is 3.09. The standard InChI is InChI=1S/C15H31NO2/c1-12(2)16(9-6-10-17)11-13-7-5-8-15(3,4)14(13)18/h12-14,17-18H,5-11H2,1-4H3. The number of aliphatic hydroxyl groups excluding tert-OH is 2. The molecule has 3 heteroatoms. The lowest BCUT2D eigenvalue weighted by Gasteiger charge is -2.43. The number of hydrogen-bond donors (Lipinski definition) is 2. The minimum absolute atomic E-state index is 0.0581. The summed E-state index contributed by atoms with van der Waals surface area (Å²) in [5, 5.41) is 19.4. The van der Waals surface area contributed by atoms with Crippen molar-refractivity contribution >= 4 is 0 Å². The van der Waals surface area contributed by atoms with E-state index < -0.39 is 0 Å². The summed E-state index contributed by atoms with van der Waals surface area (Å²) in [6.45, 7) is 10.9. The van der Waals surface area contributed by atoms with Crippen LogP contribution in [-0.2, 0) is 0 Å². The average Bonchev–Trinajstić information content (AvgIpc) is 2.29. The number of aliphatic hydroxyl groups is 2. The van der Waals surface area contributed by atoms with E-state index in [9.17, 15) is 5.11 Å². The molecule has 0 heterocycles. The van der Waals surface area contributed by atoms with Crippen LogP contribution in [0.2, 0.25) is 0 Å². The van der Waals surface area contributed by atoms with Gasteiger partial charge in [0.2, 0.25) is 0 Å². The van der Waals surface area contributed by atoms with Gasteiger partial charge in [-0.1, -0.05) is 20.3 Å². The number of hydrogen-bond acceptors (Lipinski definition) is 3. The topological polar surface area (TPSA) is 43.7 Å². The van der Waals surface area contributed by atoms with Crippen LogP contribution in [0.3, 0.4) is 0 Å². The van der Waals surface area contributed by atoms with Crippen LogP contribution in [0.4, 0.5) is 0 Å². The maximum Gasteiger partial charge on any atom is 0.0631 e. The van der Waals surface area contributed by atoms with Gasteiger partial charge in [-0.25, -0.2) is 0 Å². The van der Waals surface area contributed by atoms with Crippen LogP contribution in [0.5, 0.6) is 0 Å². The van der Waals surface area contributed by atoms with E-state index in [1.54, 1.807) is 0 Å². The van der Waals surface area contributed by atoms with E-state index in [0.29, 0.717) is 12.0 Å². The fraction of sp³-hybridized carbons (Fsp3) is 1.00. The third kappa shape index (κ3) is 4.22. The van der Waals surface area contributed by atoms with E-state index in [1.807, 2.05) is 0 Å². The smallest absolute Gasteiger partial charge is 0.0631 e. The molecule has 0 aliphatic heterocycles. The van der Waals surface area contributed by atoms with Gasteiger partial charge in [0.05, 0.1) is 6.10 Å². The van der Waals surface area contributed by atoms with E-state index in [0.717, 1.165) is 32.4 Å². The normalized spacial score (nSPS) is 28.0. The van der Waals surface area contributed by atoms with Gasteiger partial charge in [-0.15, -0.1) is 0 Å². The zero-order chi connectivity index (χ0) is 13.8. The van der Waals surface area contributed by atoms with Crippen LogP contribution in [0.25, 0.3) is 0 Å². The first-order chi connectivity index (χ1) is 8.38. The lowest BCUT2D eigenvalue weighted by Crippen LogP contribution is -2.46. The van der Waals surface area contributed by atoms with Gasteiger partial charge in [0, 0.05) is 25.7 Å². The quantitative estimate of drug-likeness (QED) is 0.767. The molecule has 2 atom stereocenters. The van der Waals surface area contributed by atoms with Gasteiger partial charge in [-0.2, -0.15) is 0 Å². The van der Waals surface area contributed by atoms with Gasteiger partial charge >= 0.3 is 0 Å². The summed E-state index contributed by atoms with van der Waals surface area (Å²) in [5.41, 5.74) is 0.0581. The molecule has 0 aromatic rings. The van der Waals surface area contributed by atoms with Crippen LogP contribution < -0.4 is 0 Å². The predicted molar refractivity (Wildman–Crippen MR) is 75.5 cm³/mol. The predicted octanol–water partition coefficient (Wildman–Crippen LogP) is 2.27. The monoisotopic (exact) mass is 257 g/mol. The van der Waals surface area contributed by atoms with E-state index in [-0.39, 0.29) is 18.1 Å². The Bertz CT molecular complexity index is 241. The molecule has 0 aromatic carbocycles. The molecule has 1 rings (SSSR count). The highest BCUT2D eigenvalue weighted by molar-refractivity contribution is 4.89. The van der Waals surface area contributed by atoms with Crippen molar-refractivity contribution in [2.24, 2.45) is 11.3 Å². The Morgan fingerprint density at radius 3 is 2.56 bits per heavy atom. The van der Waals surface area contributed by atoms with Crippen molar-refractivity contribution in [2.75, 3.05) is 19.7 Å². The van der Waals surface area contributed by atoms with Gasteiger partial charge in [0.15, 0.2) is 0 Å². The van der Waals surface area contributed by atoms with Gasteiger partial charge in [-0.3, -0.25) is 0 Å². The third-order valence-electron chi connectivity index (χ3n) is 4.45. The molecule has 0 aromatic heterocycles. The molecule has 1 aliphatic rings. The molecule has 1 fully saturated rings. The zero-order valence-electron chi connectivity index (χ0n) is 12.5. The lowest BCUT2D eigenvalue weighted by atomic mass is 9.69. The summed E-state index contributed by atoms with van der Waals surface area (Å²) < 4.78 is 0. The second kappa shape index (κ2) is 6.88. The Labute approximate surface area is 112 Å². The Hall–Kier alpha value is -0.120. The molecule has 3 nitrogen and oxygen atoms in total. The molecule has 0 saturated heterocycles. The van der Waals surface area contributed by atoms with Gasteiger partial charge in [-0.05, 0) is 44.4 Å². The van der Waals surface area contributed by atoms with Crippen molar-refractivity contribution < 1.29 is 10.2 Å². The van der Waals surface area contributed by atoms with Gasteiger partial charge in [0.25, 0.3) is 0 Å². The Morgan fingerprint density at radius 1 is 1.33 bits per heavy atom. The molecule has 0 bridgehead atoms. The second-order valence-electron chi connectivity index (χ2n) is 6.75. The maximum absolute atomic E-state index is 10.5. The summed E-state index contributed by atoms with van der Waals surface area (Å²) in [6, 6.07) is 0.480. The average molecular weight is 257 g/mol. The van der Waals surface area contributed by atoms with Crippen LogP contribution in [-0.4, -0.2) is 47.0 Å². The molecule has 0 amide bonds. The number of nitrogens with zero attached hydrogens (tertiary/aromatic N) is 1. The molecule has 18 heavy (non-hydrogen) atoms. The Balaban J connectivity index is 2.57. The van der Waals surface area contributed by atoms with Crippen molar-refractivity contribution in [1.82, 2.24) is 4.90 Å². The van der Waals surface area contributed by atoms with E-state index in [4.69, 9.17) is 5.11 Å². The van der Waals surface area contributed by atoms with E-state index in [1.165, 1.54) is 6.42 Å². The maximum atomic E-state index is 10.5. The van der Waals surface area contributed by atoms with Crippen molar-refractivity contribution in [1.29, 1.82) is 0 Å². The second-order valence-corrected chi connectivity index (χ2v) is 6.75. The van der Waals surface area contributed by atoms with Crippen LogP contribution >= 0.6 is 0 Å². The molecule has 1 aliphatic carbocycles. The first kappa shape index (κ1) is 15.9. The van der Waals surface area contributed by atoms with Gasteiger partial charge < -0.3 is 15.1 Å². The first-order valence-corrected chi connectivity index (χ1v) is 7.41. The van der Waals surface area contributed by atoms with Crippen molar-refractivity contribution in [3.8, 4) is 0 Å². The fourth-order valence-electron chi connectivity index (χ4n) is 3.09. The summed E-state index contributed by atoms with van der Waals surface area (Å²) in [5.74, 6) is 0.384. The van der Waals surface area contributed by atoms with Crippen LogP contribution in [0.15, 0.2) is 0 Å². The molecule has 2 unspecified atom stereocenters. The first-order valence-electron chi connectivity index (χ1n) is 7.41. The molecular weight excluding hydrogens is 226 g/mol.